The highest BCUT2D eigenvalue weighted by Gasteiger charge is 2.62. The van der Waals surface area contributed by atoms with E-state index in [0.29, 0.717) is 11.5 Å². The summed E-state index contributed by atoms with van der Waals surface area (Å²) in [6.45, 7) is 1.65. The van der Waals surface area contributed by atoms with Crippen LogP contribution < -0.4 is 14.4 Å². The standard InChI is InChI=1S/C23H17N3O3/c1-14(27)22-21(16-6-8-18-19(10-16)29-13-28-18)23(11-24,12-25)20-9-7-15-4-2-3-5-17(15)26(20)22/h2-10,20-22H,13H2,1H3/t20-,21-,22+/m0/s1. The van der Waals surface area contributed by atoms with Crippen molar-refractivity contribution in [3.8, 4) is 23.6 Å². The van der Waals surface area contributed by atoms with E-state index in [1.165, 1.54) is 6.92 Å². The van der Waals surface area contributed by atoms with Gasteiger partial charge in [0.15, 0.2) is 22.7 Å². The normalized spacial score (nSPS) is 24.9. The van der Waals surface area contributed by atoms with Crippen molar-refractivity contribution in [2.75, 3.05) is 11.7 Å². The Balaban J connectivity index is 1.75. The third-order valence-electron chi connectivity index (χ3n) is 6.09. The van der Waals surface area contributed by atoms with E-state index < -0.39 is 23.4 Å². The molecule has 0 aliphatic carbocycles. The number of para-hydroxylation sites is 1. The first kappa shape index (κ1) is 17.3. The third-order valence-corrected chi connectivity index (χ3v) is 6.09. The summed E-state index contributed by atoms with van der Waals surface area (Å²) in [6, 6.07) is 16.5. The van der Waals surface area contributed by atoms with Gasteiger partial charge >= 0.3 is 0 Å². The molecule has 3 heterocycles. The van der Waals surface area contributed by atoms with Gasteiger partial charge in [-0.25, -0.2) is 0 Å². The van der Waals surface area contributed by atoms with Gasteiger partial charge in [-0.2, -0.15) is 10.5 Å². The second-order valence-electron chi connectivity index (χ2n) is 7.51. The Morgan fingerprint density at radius 3 is 2.66 bits per heavy atom. The number of nitriles is 2. The Morgan fingerprint density at radius 1 is 1.14 bits per heavy atom. The average molecular weight is 383 g/mol. The number of nitrogens with zero attached hydrogens (tertiary/aromatic N) is 3. The number of rotatable bonds is 2. The van der Waals surface area contributed by atoms with Crippen molar-refractivity contribution in [3.63, 3.8) is 0 Å². The maximum atomic E-state index is 12.9. The summed E-state index contributed by atoms with van der Waals surface area (Å²) in [5, 5.41) is 20.5. The molecule has 6 heteroatoms. The molecule has 0 unspecified atom stereocenters. The molecule has 0 spiro atoms. The molecule has 6 nitrogen and oxygen atoms in total. The van der Waals surface area contributed by atoms with Gasteiger partial charge in [0.1, 0.15) is 0 Å². The summed E-state index contributed by atoms with van der Waals surface area (Å²) in [5.74, 6) is 0.462. The molecular formula is C23H17N3O3. The lowest BCUT2D eigenvalue weighted by Crippen LogP contribution is -2.43. The number of benzene rings is 2. The van der Waals surface area contributed by atoms with Crippen molar-refractivity contribution in [2.24, 2.45) is 5.41 Å². The topological polar surface area (TPSA) is 86.3 Å². The lowest BCUT2D eigenvalue weighted by Gasteiger charge is -2.35. The average Bonchev–Trinajstić information content (AvgIpc) is 3.33. The number of fused-ring (bicyclic) bond motifs is 4. The highest BCUT2D eigenvalue weighted by molar-refractivity contribution is 5.91. The van der Waals surface area contributed by atoms with E-state index in [2.05, 4.69) is 12.1 Å². The van der Waals surface area contributed by atoms with E-state index in [1.807, 2.05) is 47.4 Å². The minimum Gasteiger partial charge on any atom is -0.454 e. The zero-order valence-electron chi connectivity index (χ0n) is 15.7. The summed E-state index contributed by atoms with van der Waals surface area (Å²) in [7, 11) is 0. The van der Waals surface area contributed by atoms with Crippen LogP contribution in [0.25, 0.3) is 6.08 Å². The van der Waals surface area contributed by atoms with Crippen LogP contribution in [-0.2, 0) is 4.79 Å². The third kappa shape index (κ3) is 2.23. The van der Waals surface area contributed by atoms with Gasteiger partial charge in [-0.15, -0.1) is 0 Å². The Morgan fingerprint density at radius 2 is 1.90 bits per heavy atom. The molecule has 1 saturated heterocycles. The molecule has 3 atom stereocenters. The van der Waals surface area contributed by atoms with Crippen LogP contribution in [0.2, 0.25) is 0 Å². The van der Waals surface area contributed by atoms with E-state index in [0.717, 1.165) is 16.8 Å². The van der Waals surface area contributed by atoms with Gasteiger partial charge in [0.25, 0.3) is 0 Å². The summed E-state index contributed by atoms with van der Waals surface area (Å²) >= 11 is 0. The van der Waals surface area contributed by atoms with Crippen molar-refractivity contribution in [1.82, 2.24) is 0 Å². The van der Waals surface area contributed by atoms with Crippen LogP contribution in [0.15, 0.2) is 48.5 Å². The van der Waals surface area contributed by atoms with Gasteiger partial charge in [0.2, 0.25) is 6.79 Å². The number of Topliss-reactive ketones (excluding diaryl/α,β-unsaturated/α-hetero) is 1. The fourth-order valence-corrected chi connectivity index (χ4v) is 4.87. The predicted molar refractivity (Wildman–Crippen MR) is 105 cm³/mol. The molecule has 0 aromatic heterocycles. The molecule has 29 heavy (non-hydrogen) atoms. The van der Waals surface area contributed by atoms with E-state index >= 15 is 0 Å². The number of carbonyl (C=O) groups is 1. The molecule has 0 bridgehead atoms. The first-order valence-corrected chi connectivity index (χ1v) is 9.39. The first-order chi connectivity index (χ1) is 14.1. The van der Waals surface area contributed by atoms with Gasteiger partial charge in [-0.05, 0) is 36.2 Å². The fraction of sp³-hybridized carbons (Fsp3) is 0.261. The van der Waals surface area contributed by atoms with Crippen molar-refractivity contribution < 1.29 is 14.3 Å². The second-order valence-corrected chi connectivity index (χ2v) is 7.51. The Labute approximate surface area is 168 Å². The molecule has 2 aromatic carbocycles. The first-order valence-electron chi connectivity index (χ1n) is 9.39. The van der Waals surface area contributed by atoms with Crippen LogP contribution in [0, 0.1) is 28.1 Å². The maximum absolute atomic E-state index is 12.9. The molecule has 5 rings (SSSR count). The van der Waals surface area contributed by atoms with E-state index in [1.54, 1.807) is 12.1 Å². The molecule has 2 aromatic rings. The number of hydrogen-bond donors (Lipinski definition) is 0. The van der Waals surface area contributed by atoms with Crippen molar-refractivity contribution in [1.29, 1.82) is 10.5 Å². The fourth-order valence-electron chi connectivity index (χ4n) is 4.87. The lowest BCUT2D eigenvalue weighted by molar-refractivity contribution is -0.118. The molecule has 1 fully saturated rings. The van der Waals surface area contributed by atoms with Gasteiger partial charge in [0.05, 0.1) is 24.2 Å². The number of hydrogen-bond acceptors (Lipinski definition) is 6. The van der Waals surface area contributed by atoms with Crippen molar-refractivity contribution >= 4 is 17.5 Å². The molecule has 3 aliphatic rings. The Hall–Kier alpha value is -3.77. The monoisotopic (exact) mass is 383 g/mol. The van der Waals surface area contributed by atoms with Crippen molar-refractivity contribution in [3.05, 3.63) is 59.7 Å². The van der Waals surface area contributed by atoms with Crippen LogP contribution in [0.5, 0.6) is 11.5 Å². The molecule has 0 N–H and O–H groups in total. The Bertz CT molecular complexity index is 1130. The molecule has 3 aliphatic heterocycles. The highest BCUT2D eigenvalue weighted by atomic mass is 16.7. The van der Waals surface area contributed by atoms with E-state index in [4.69, 9.17) is 9.47 Å². The van der Waals surface area contributed by atoms with Gasteiger partial charge in [0, 0.05) is 11.6 Å². The lowest BCUT2D eigenvalue weighted by atomic mass is 9.69. The molecule has 0 amide bonds. The smallest absolute Gasteiger partial charge is 0.231 e. The zero-order chi connectivity index (χ0) is 20.2. The molecule has 0 saturated carbocycles. The highest BCUT2D eigenvalue weighted by Crippen LogP contribution is 2.55. The van der Waals surface area contributed by atoms with Gasteiger partial charge in [-0.3, -0.25) is 4.79 Å². The van der Waals surface area contributed by atoms with Gasteiger partial charge in [-0.1, -0.05) is 36.4 Å². The molecule has 0 radical (unpaired) electrons. The van der Waals surface area contributed by atoms with E-state index in [-0.39, 0.29) is 12.6 Å². The number of ketones is 1. The minimum absolute atomic E-state index is 0.0878. The molecular weight excluding hydrogens is 366 g/mol. The summed E-state index contributed by atoms with van der Waals surface area (Å²) in [5.41, 5.74) is 1.12. The Kier molecular flexibility index (Phi) is 3.66. The van der Waals surface area contributed by atoms with Crippen LogP contribution >= 0.6 is 0 Å². The van der Waals surface area contributed by atoms with Crippen molar-refractivity contribution in [2.45, 2.75) is 24.9 Å². The van der Waals surface area contributed by atoms with Gasteiger partial charge < -0.3 is 14.4 Å². The van der Waals surface area contributed by atoms with E-state index in [9.17, 15) is 15.3 Å². The van der Waals surface area contributed by atoms with Crippen LogP contribution in [0.1, 0.15) is 24.0 Å². The summed E-state index contributed by atoms with van der Waals surface area (Å²) < 4.78 is 10.9. The quantitative estimate of drug-likeness (QED) is 0.790. The summed E-state index contributed by atoms with van der Waals surface area (Å²) in [6.07, 6.45) is 3.80. The zero-order valence-corrected chi connectivity index (χ0v) is 15.7. The molecule has 142 valence electrons. The summed E-state index contributed by atoms with van der Waals surface area (Å²) in [4.78, 5) is 14.9. The SMILES string of the molecule is CC(=O)[C@@H]1[C@H](c2ccc3c(c2)OCO3)C(C#N)(C#N)[C@@H]2C=Cc3ccccc3N12. The number of anilines is 1. The minimum atomic E-state index is -1.42. The van der Waals surface area contributed by atoms with Crippen LogP contribution in [0.3, 0.4) is 0 Å². The van der Waals surface area contributed by atoms with Crippen LogP contribution in [-0.4, -0.2) is 24.7 Å². The predicted octanol–water partition coefficient (Wildman–Crippen LogP) is 3.41. The number of carbonyl (C=O) groups excluding carboxylic acids is 1. The second kappa shape index (κ2) is 6.12. The van der Waals surface area contributed by atoms with Crippen LogP contribution in [0.4, 0.5) is 5.69 Å². The maximum Gasteiger partial charge on any atom is 0.231 e. The largest absolute Gasteiger partial charge is 0.454 e. The number of ether oxygens (including phenoxy) is 2.